The van der Waals surface area contributed by atoms with Crippen molar-refractivity contribution in [3.63, 3.8) is 0 Å². The molecule has 0 fully saturated rings. The van der Waals surface area contributed by atoms with E-state index >= 15 is 0 Å². The highest BCUT2D eigenvalue weighted by Gasteiger charge is 2.22. The molecule has 0 saturated carbocycles. The van der Waals surface area contributed by atoms with Crippen LogP contribution >= 0.6 is 0 Å². The molecule has 0 N–H and O–H groups in total. The maximum atomic E-state index is 10.7. The first-order chi connectivity index (χ1) is 5.81. The van der Waals surface area contributed by atoms with Gasteiger partial charge in [-0.15, -0.1) is 0 Å². The van der Waals surface area contributed by atoms with Crippen LogP contribution in [0.5, 0.6) is 0 Å². The van der Waals surface area contributed by atoms with E-state index in [-0.39, 0.29) is 0 Å². The SMILES string of the molecule is CCCCCC[N+](C)(C)S(=O)(=O)[O-]. The Hall–Kier alpha value is -0.130. The van der Waals surface area contributed by atoms with Crippen LogP contribution in [0.25, 0.3) is 0 Å². The Balaban J connectivity index is 3.91. The molecule has 4 nitrogen and oxygen atoms in total. The van der Waals surface area contributed by atoms with Crippen molar-refractivity contribution < 1.29 is 16.9 Å². The third kappa shape index (κ3) is 4.59. The summed E-state index contributed by atoms with van der Waals surface area (Å²) in [6, 6.07) is 0. The lowest BCUT2D eigenvalue weighted by Gasteiger charge is -2.30. The van der Waals surface area contributed by atoms with Gasteiger partial charge < -0.3 is 4.55 Å². The molecule has 0 atom stereocenters. The third-order valence-corrected chi connectivity index (χ3v) is 3.55. The van der Waals surface area contributed by atoms with Crippen molar-refractivity contribution in [2.45, 2.75) is 32.6 Å². The summed E-state index contributed by atoms with van der Waals surface area (Å²) in [5.74, 6) is 0. The van der Waals surface area contributed by atoms with Gasteiger partial charge >= 0.3 is 0 Å². The van der Waals surface area contributed by atoms with E-state index in [9.17, 15) is 13.0 Å². The van der Waals surface area contributed by atoms with E-state index in [1.807, 2.05) is 0 Å². The normalized spacial score (nSPS) is 13.2. The van der Waals surface area contributed by atoms with Crippen LogP contribution in [0.4, 0.5) is 0 Å². The minimum Gasteiger partial charge on any atom is -0.702 e. The second-order valence-electron chi connectivity index (χ2n) is 3.79. The van der Waals surface area contributed by atoms with Crippen molar-refractivity contribution in [1.29, 1.82) is 0 Å². The smallest absolute Gasteiger partial charge is 0.254 e. The maximum Gasteiger partial charge on any atom is 0.254 e. The average Bonchev–Trinajstić information content (AvgIpc) is 1.96. The Morgan fingerprint density at radius 3 is 2.08 bits per heavy atom. The van der Waals surface area contributed by atoms with E-state index < -0.39 is 14.2 Å². The molecular weight excluding hydrogens is 190 g/mol. The zero-order valence-corrected chi connectivity index (χ0v) is 9.43. The molecule has 80 valence electrons. The van der Waals surface area contributed by atoms with Crippen molar-refractivity contribution in [3.05, 3.63) is 0 Å². The summed E-state index contributed by atoms with van der Waals surface area (Å²) >= 11 is 0. The van der Waals surface area contributed by atoms with E-state index in [1.165, 1.54) is 14.1 Å². The van der Waals surface area contributed by atoms with E-state index in [4.69, 9.17) is 0 Å². The quantitative estimate of drug-likeness (QED) is 0.374. The number of quaternary nitrogens is 1. The fraction of sp³-hybridized carbons (Fsp3) is 1.00. The van der Waals surface area contributed by atoms with Gasteiger partial charge in [0.2, 0.25) is 0 Å². The van der Waals surface area contributed by atoms with Crippen LogP contribution < -0.4 is 0 Å². The predicted molar refractivity (Wildman–Crippen MR) is 50.8 cm³/mol. The lowest BCUT2D eigenvalue weighted by atomic mass is 10.2. The number of nitrogens with zero attached hydrogens (tertiary/aromatic N) is 1. The number of rotatable bonds is 6. The molecular formula is C8H19NO3S. The van der Waals surface area contributed by atoms with Gasteiger partial charge in [0.25, 0.3) is 10.3 Å². The fourth-order valence-corrected chi connectivity index (χ4v) is 1.38. The van der Waals surface area contributed by atoms with E-state index in [2.05, 4.69) is 6.92 Å². The van der Waals surface area contributed by atoms with E-state index in [0.717, 1.165) is 25.7 Å². The van der Waals surface area contributed by atoms with Gasteiger partial charge in [0.05, 0.1) is 20.6 Å². The Labute approximate surface area is 81.0 Å². The molecule has 0 spiro atoms. The van der Waals surface area contributed by atoms with Crippen LogP contribution in [0.1, 0.15) is 32.6 Å². The van der Waals surface area contributed by atoms with Crippen LogP contribution in [0.15, 0.2) is 0 Å². The molecule has 0 aliphatic heterocycles. The van der Waals surface area contributed by atoms with Crippen molar-refractivity contribution in [3.8, 4) is 0 Å². The van der Waals surface area contributed by atoms with Gasteiger partial charge in [-0.3, -0.25) is 0 Å². The topological polar surface area (TPSA) is 57.2 Å². The van der Waals surface area contributed by atoms with Crippen molar-refractivity contribution in [2.75, 3.05) is 20.6 Å². The largest absolute Gasteiger partial charge is 0.702 e. The lowest BCUT2D eigenvalue weighted by Crippen LogP contribution is -2.45. The second-order valence-corrected chi connectivity index (χ2v) is 5.63. The Morgan fingerprint density at radius 2 is 1.69 bits per heavy atom. The zero-order valence-electron chi connectivity index (χ0n) is 8.62. The molecule has 0 aliphatic rings. The highest BCUT2D eigenvalue weighted by Crippen LogP contribution is 2.09. The maximum absolute atomic E-state index is 10.7. The number of unbranched alkanes of at least 4 members (excludes halogenated alkanes) is 3. The van der Waals surface area contributed by atoms with Crippen molar-refractivity contribution >= 4 is 10.3 Å². The Bertz CT molecular complexity index is 234. The van der Waals surface area contributed by atoms with Crippen LogP contribution in [-0.2, 0) is 10.3 Å². The molecule has 0 amide bonds. The summed E-state index contributed by atoms with van der Waals surface area (Å²) in [6.07, 6.45) is 3.99. The van der Waals surface area contributed by atoms with Crippen LogP contribution in [0.2, 0.25) is 0 Å². The minimum atomic E-state index is -4.20. The monoisotopic (exact) mass is 209 g/mol. The summed E-state index contributed by atoms with van der Waals surface area (Å²) in [5.41, 5.74) is 0. The molecule has 0 rings (SSSR count). The molecule has 0 aromatic rings. The molecule has 0 heterocycles. The molecule has 0 radical (unpaired) electrons. The second kappa shape index (κ2) is 4.93. The molecule has 0 aromatic heterocycles. The molecule has 13 heavy (non-hydrogen) atoms. The number of hydrogen-bond acceptors (Lipinski definition) is 3. The molecule has 0 unspecified atom stereocenters. The molecule has 0 saturated heterocycles. The van der Waals surface area contributed by atoms with Gasteiger partial charge in [-0.25, -0.2) is 3.89 Å². The summed E-state index contributed by atoms with van der Waals surface area (Å²) in [6.45, 7) is 2.50. The fourth-order valence-electron chi connectivity index (χ4n) is 1.03. The average molecular weight is 209 g/mol. The minimum absolute atomic E-state index is 0.409. The van der Waals surface area contributed by atoms with Crippen LogP contribution in [0.3, 0.4) is 0 Å². The lowest BCUT2D eigenvalue weighted by molar-refractivity contribution is -0.768. The van der Waals surface area contributed by atoms with Gasteiger partial charge in [-0.1, -0.05) is 19.8 Å². The summed E-state index contributed by atoms with van der Waals surface area (Å²) in [7, 11) is -1.32. The Kier molecular flexibility index (Phi) is 4.88. The highest BCUT2D eigenvalue weighted by molar-refractivity contribution is 7.79. The molecule has 5 heteroatoms. The first-order valence-electron chi connectivity index (χ1n) is 4.60. The van der Waals surface area contributed by atoms with E-state index in [0.29, 0.717) is 6.54 Å². The standard InChI is InChI=1S/C8H19NO3S/c1-4-5-6-7-8-9(2,3)13(10,11)12/h4-8H2,1-3H3. The van der Waals surface area contributed by atoms with Crippen LogP contribution in [0, 0.1) is 0 Å². The molecule has 0 aliphatic carbocycles. The van der Waals surface area contributed by atoms with Gasteiger partial charge in [0.1, 0.15) is 0 Å². The van der Waals surface area contributed by atoms with Gasteiger partial charge in [-0.05, 0) is 12.8 Å². The first-order valence-corrected chi connectivity index (χ1v) is 5.97. The van der Waals surface area contributed by atoms with Gasteiger partial charge in [-0.2, -0.15) is 8.42 Å². The molecule has 0 aromatic carbocycles. The van der Waals surface area contributed by atoms with E-state index in [1.54, 1.807) is 0 Å². The summed E-state index contributed by atoms with van der Waals surface area (Å²) in [5, 5.41) is 0. The van der Waals surface area contributed by atoms with Crippen molar-refractivity contribution in [2.24, 2.45) is 0 Å². The summed E-state index contributed by atoms with van der Waals surface area (Å²) < 4.78 is 31.8. The number of hydrogen-bond donors (Lipinski definition) is 0. The third-order valence-electron chi connectivity index (χ3n) is 2.16. The Morgan fingerprint density at radius 1 is 1.15 bits per heavy atom. The summed E-state index contributed by atoms with van der Waals surface area (Å²) in [4.78, 5) is 0. The van der Waals surface area contributed by atoms with Crippen molar-refractivity contribution in [1.82, 2.24) is 0 Å². The van der Waals surface area contributed by atoms with Crippen LogP contribution in [-0.4, -0.2) is 37.5 Å². The van der Waals surface area contributed by atoms with Gasteiger partial charge in [0.15, 0.2) is 0 Å². The molecule has 0 bridgehead atoms. The zero-order chi connectivity index (χ0) is 10.5. The first kappa shape index (κ1) is 12.9. The predicted octanol–water partition coefficient (Wildman–Crippen LogP) is 1.10. The highest BCUT2D eigenvalue weighted by atomic mass is 32.2. The van der Waals surface area contributed by atoms with Gasteiger partial charge in [0, 0.05) is 0 Å².